The van der Waals surface area contributed by atoms with Gasteiger partial charge in [-0.15, -0.1) is 12.6 Å². The van der Waals surface area contributed by atoms with Gasteiger partial charge in [-0.2, -0.15) is 0 Å². The average molecular weight is 362 g/mol. The Morgan fingerprint density at radius 3 is 2.86 bits per heavy atom. The third kappa shape index (κ3) is 2.87. The van der Waals surface area contributed by atoms with E-state index in [2.05, 4.69) is 41.5 Å². The van der Waals surface area contributed by atoms with E-state index >= 15 is 0 Å². The molecule has 2 nitrogen and oxygen atoms in total. The molecule has 2 aromatic carbocycles. The standard InChI is InChI=1S/C17H16BrNOS/c1-11-8-12-4-2-3-5-16(12)19(10-11)17(20)14-9-13(21)6-7-15(14)18/h2-7,9,11,21H,8,10H2,1H3. The summed E-state index contributed by atoms with van der Waals surface area (Å²) >= 11 is 7.81. The zero-order valence-corrected chi connectivity index (χ0v) is 14.2. The zero-order valence-electron chi connectivity index (χ0n) is 11.7. The number of fused-ring (bicyclic) bond motifs is 1. The maximum absolute atomic E-state index is 12.9. The molecule has 1 aliphatic heterocycles. The molecule has 0 spiro atoms. The molecule has 1 atom stereocenters. The van der Waals surface area contributed by atoms with Crippen LogP contribution in [0.2, 0.25) is 0 Å². The summed E-state index contributed by atoms with van der Waals surface area (Å²) in [4.78, 5) is 15.6. The maximum Gasteiger partial charge on any atom is 0.259 e. The second kappa shape index (κ2) is 5.85. The highest BCUT2D eigenvalue weighted by Crippen LogP contribution is 2.32. The van der Waals surface area contributed by atoms with E-state index in [1.54, 1.807) is 0 Å². The van der Waals surface area contributed by atoms with E-state index in [9.17, 15) is 4.79 Å². The Balaban J connectivity index is 2.04. The Bertz CT molecular complexity index is 701. The molecule has 0 bridgehead atoms. The van der Waals surface area contributed by atoms with Crippen LogP contribution in [0.25, 0.3) is 0 Å². The van der Waals surface area contributed by atoms with Gasteiger partial charge in [-0.25, -0.2) is 0 Å². The monoisotopic (exact) mass is 361 g/mol. The Morgan fingerprint density at radius 1 is 1.29 bits per heavy atom. The number of para-hydroxylation sites is 1. The highest BCUT2D eigenvalue weighted by Gasteiger charge is 2.27. The minimum absolute atomic E-state index is 0.0248. The summed E-state index contributed by atoms with van der Waals surface area (Å²) in [7, 11) is 0. The summed E-state index contributed by atoms with van der Waals surface area (Å²) < 4.78 is 0.806. The minimum Gasteiger partial charge on any atom is -0.308 e. The van der Waals surface area contributed by atoms with Crippen molar-refractivity contribution in [2.24, 2.45) is 5.92 Å². The second-order valence-corrected chi connectivity index (χ2v) is 6.89. The van der Waals surface area contributed by atoms with Crippen molar-refractivity contribution in [1.29, 1.82) is 0 Å². The van der Waals surface area contributed by atoms with Crippen LogP contribution in [0.4, 0.5) is 5.69 Å². The smallest absolute Gasteiger partial charge is 0.259 e. The molecule has 3 rings (SSSR count). The molecular weight excluding hydrogens is 346 g/mol. The van der Waals surface area contributed by atoms with Crippen LogP contribution < -0.4 is 4.90 Å². The average Bonchev–Trinajstić information content (AvgIpc) is 2.48. The molecule has 1 heterocycles. The van der Waals surface area contributed by atoms with E-state index in [4.69, 9.17) is 0 Å². The summed E-state index contributed by atoms with van der Waals surface area (Å²) in [5.74, 6) is 0.485. The van der Waals surface area contributed by atoms with Crippen molar-refractivity contribution in [2.75, 3.05) is 11.4 Å². The predicted octanol–water partition coefficient (Wildman–Crippen LogP) is 4.58. The lowest BCUT2D eigenvalue weighted by molar-refractivity contribution is 0.0980. The largest absolute Gasteiger partial charge is 0.308 e. The van der Waals surface area contributed by atoms with Gasteiger partial charge in [0.2, 0.25) is 0 Å². The Labute approximate surface area is 138 Å². The number of amides is 1. The summed E-state index contributed by atoms with van der Waals surface area (Å²) in [5.41, 5.74) is 2.92. The lowest BCUT2D eigenvalue weighted by Gasteiger charge is -2.33. The molecule has 0 N–H and O–H groups in total. The van der Waals surface area contributed by atoms with Gasteiger partial charge < -0.3 is 4.90 Å². The topological polar surface area (TPSA) is 20.3 Å². The summed E-state index contributed by atoms with van der Waals surface area (Å²) in [5, 5.41) is 0. The van der Waals surface area contributed by atoms with Crippen LogP contribution in [0.3, 0.4) is 0 Å². The van der Waals surface area contributed by atoms with Gasteiger partial charge in [0, 0.05) is 21.6 Å². The van der Waals surface area contributed by atoms with Crippen molar-refractivity contribution >= 4 is 40.2 Å². The van der Waals surface area contributed by atoms with E-state index < -0.39 is 0 Å². The van der Waals surface area contributed by atoms with Crippen LogP contribution >= 0.6 is 28.6 Å². The van der Waals surface area contributed by atoms with Gasteiger partial charge in [-0.05, 0) is 58.1 Å². The van der Waals surface area contributed by atoms with E-state index in [0.717, 1.165) is 28.0 Å². The molecule has 0 fully saturated rings. The highest BCUT2D eigenvalue weighted by atomic mass is 79.9. The Morgan fingerprint density at radius 2 is 2.05 bits per heavy atom. The van der Waals surface area contributed by atoms with Crippen LogP contribution in [-0.4, -0.2) is 12.5 Å². The summed E-state index contributed by atoms with van der Waals surface area (Å²) in [6.45, 7) is 2.93. The van der Waals surface area contributed by atoms with Crippen LogP contribution in [0.15, 0.2) is 51.8 Å². The van der Waals surface area contributed by atoms with E-state index in [0.29, 0.717) is 11.5 Å². The molecule has 0 aliphatic carbocycles. The minimum atomic E-state index is 0.0248. The SMILES string of the molecule is CC1Cc2ccccc2N(C(=O)c2cc(S)ccc2Br)C1. The Hall–Kier alpha value is -1.26. The summed E-state index contributed by atoms with van der Waals surface area (Å²) in [6, 6.07) is 13.7. The number of hydrogen-bond acceptors (Lipinski definition) is 2. The van der Waals surface area contributed by atoms with Crippen LogP contribution in [-0.2, 0) is 6.42 Å². The third-order valence-corrected chi connectivity index (χ3v) is 4.74. The first-order chi connectivity index (χ1) is 10.1. The number of carbonyl (C=O) groups is 1. The number of anilines is 1. The fourth-order valence-electron chi connectivity index (χ4n) is 2.81. The molecule has 0 radical (unpaired) electrons. The quantitative estimate of drug-likeness (QED) is 0.737. The van der Waals surface area contributed by atoms with Crippen LogP contribution in [0.1, 0.15) is 22.8 Å². The van der Waals surface area contributed by atoms with Crippen LogP contribution in [0.5, 0.6) is 0 Å². The number of rotatable bonds is 1. The third-order valence-electron chi connectivity index (χ3n) is 3.77. The highest BCUT2D eigenvalue weighted by molar-refractivity contribution is 9.10. The fraction of sp³-hybridized carbons (Fsp3) is 0.235. The fourth-order valence-corrected chi connectivity index (χ4v) is 3.43. The number of thiol groups is 1. The molecule has 0 aromatic heterocycles. The normalized spacial score (nSPS) is 17.5. The number of nitrogens with zero attached hydrogens (tertiary/aromatic N) is 1. The van der Waals surface area contributed by atoms with E-state index in [1.165, 1.54) is 5.56 Å². The molecular formula is C17H16BrNOS. The second-order valence-electron chi connectivity index (χ2n) is 5.52. The summed E-state index contributed by atoms with van der Waals surface area (Å²) in [6.07, 6.45) is 1.02. The van der Waals surface area contributed by atoms with Gasteiger partial charge in [0.1, 0.15) is 0 Å². The number of halogens is 1. The van der Waals surface area contributed by atoms with Gasteiger partial charge in [0.25, 0.3) is 5.91 Å². The lowest BCUT2D eigenvalue weighted by atomic mass is 9.93. The molecule has 0 saturated heterocycles. The van der Waals surface area contributed by atoms with Crippen molar-refractivity contribution in [3.63, 3.8) is 0 Å². The molecule has 21 heavy (non-hydrogen) atoms. The maximum atomic E-state index is 12.9. The molecule has 1 aliphatic rings. The van der Waals surface area contributed by atoms with Crippen LogP contribution in [0, 0.1) is 5.92 Å². The first kappa shape index (κ1) is 14.7. The van der Waals surface area contributed by atoms with Crippen molar-refractivity contribution < 1.29 is 4.79 Å². The van der Waals surface area contributed by atoms with E-state index in [-0.39, 0.29) is 5.91 Å². The molecule has 0 saturated carbocycles. The number of benzene rings is 2. The molecule has 1 unspecified atom stereocenters. The van der Waals surface area contributed by atoms with Gasteiger partial charge in [-0.1, -0.05) is 25.1 Å². The van der Waals surface area contributed by atoms with Gasteiger partial charge in [0.15, 0.2) is 0 Å². The molecule has 4 heteroatoms. The van der Waals surface area contributed by atoms with Crippen molar-refractivity contribution in [3.05, 3.63) is 58.1 Å². The first-order valence-corrected chi connectivity index (χ1v) is 8.18. The zero-order chi connectivity index (χ0) is 15.0. The number of hydrogen-bond donors (Lipinski definition) is 1. The number of carbonyl (C=O) groups excluding carboxylic acids is 1. The molecule has 2 aromatic rings. The van der Waals surface area contributed by atoms with Gasteiger partial charge >= 0.3 is 0 Å². The predicted molar refractivity (Wildman–Crippen MR) is 92.4 cm³/mol. The Kier molecular flexibility index (Phi) is 4.09. The van der Waals surface area contributed by atoms with Gasteiger partial charge in [0.05, 0.1) is 5.56 Å². The van der Waals surface area contributed by atoms with Crippen molar-refractivity contribution in [2.45, 2.75) is 18.2 Å². The lowest BCUT2D eigenvalue weighted by Crippen LogP contribution is -2.39. The van der Waals surface area contributed by atoms with E-state index in [1.807, 2.05) is 41.3 Å². The molecule has 108 valence electrons. The van der Waals surface area contributed by atoms with Crippen molar-refractivity contribution in [3.8, 4) is 0 Å². The molecule has 1 amide bonds. The van der Waals surface area contributed by atoms with Gasteiger partial charge in [-0.3, -0.25) is 4.79 Å². The first-order valence-electron chi connectivity index (χ1n) is 6.94. The van der Waals surface area contributed by atoms with Crippen molar-refractivity contribution in [1.82, 2.24) is 0 Å².